The summed E-state index contributed by atoms with van der Waals surface area (Å²) in [7, 11) is 0. The van der Waals surface area contributed by atoms with Gasteiger partial charge in [0.2, 0.25) is 0 Å². The summed E-state index contributed by atoms with van der Waals surface area (Å²) in [5.41, 5.74) is 7.68. The lowest BCUT2D eigenvalue weighted by molar-refractivity contribution is 0.163. The number of rotatable bonds is 6. The summed E-state index contributed by atoms with van der Waals surface area (Å²) in [6.07, 6.45) is 5.06. The third-order valence-electron chi connectivity index (χ3n) is 6.66. The highest BCUT2D eigenvalue weighted by Crippen LogP contribution is 2.19. The Morgan fingerprint density at radius 2 is 1.97 bits per heavy atom. The number of carbonyl (C=O) groups is 1. The van der Waals surface area contributed by atoms with Gasteiger partial charge in [-0.05, 0) is 62.4 Å². The van der Waals surface area contributed by atoms with Gasteiger partial charge in [-0.3, -0.25) is 9.88 Å². The summed E-state index contributed by atoms with van der Waals surface area (Å²) in [6, 6.07) is 9.69. The molecule has 2 saturated heterocycles. The predicted molar refractivity (Wildman–Crippen MR) is 130 cm³/mol. The number of likely N-dealkylation sites (tertiary alicyclic amines) is 1. The van der Waals surface area contributed by atoms with E-state index in [-0.39, 0.29) is 17.9 Å². The molecule has 0 saturated carbocycles. The number of piperidine rings is 1. The maximum absolute atomic E-state index is 12.6. The molecule has 0 radical (unpaired) electrons. The first-order valence-corrected chi connectivity index (χ1v) is 11.9. The van der Waals surface area contributed by atoms with Crippen molar-refractivity contribution < 1.29 is 4.79 Å². The Kier molecular flexibility index (Phi) is 7.74. The van der Waals surface area contributed by atoms with Gasteiger partial charge in [-0.25, -0.2) is 9.59 Å². The zero-order chi connectivity index (χ0) is 23.2. The van der Waals surface area contributed by atoms with Crippen molar-refractivity contribution in [2.75, 3.05) is 51.1 Å². The van der Waals surface area contributed by atoms with Crippen LogP contribution in [-0.2, 0) is 6.42 Å². The Labute approximate surface area is 195 Å². The quantitative estimate of drug-likeness (QED) is 0.608. The molecule has 9 nitrogen and oxygen atoms in total. The van der Waals surface area contributed by atoms with Crippen molar-refractivity contribution in [2.24, 2.45) is 11.7 Å². The molecular weight excluding hydrogens is 418 g/mol. The first kappa shape index (κ1) is 23.4. The average molecular weight is 454 g/mol. The SMILES string of the molecule is CC(N)C1CCCN(CCc2ccc(-n3ccc(NC(=O)N4CCNCC4)nc3=O)cc2)C1. The highest BCUT2D eigenvalue weighted by molar-refractivity contribution is 5.88. The van der Waals surface area contributed by atoms with Crippen molar-refractivity contribution in [3.8, 4) is 5.69 Å². The van der Waals surface area contributed by atoms with Crippen LogP contribution in [-0.4, -0.2) is 77.2 Å². The Hall–Kier alpha value is -2.75. The molecule has 1 aromatic heterocycles. The number of hydrogen-bond donors (Lipinski definition) is 3. The Bertz CT molecular complexity index is 983. The maximum atomic E-state index is 12.6. The second kappa shape index (κ2) is 10.9. The van der Waals surface area contributed by atoms with Gasteiger partial charge in [0.25, 0.3) is 0 Å². The second-order valence-electron chi connectivity index (χ2n) is 9.11. The van der Waals surface area contributed by atoms with Gasteiger partial charge in [-0.2, -0.15) is 4.98 Å². The van der Waals surface area contributed by atoms with E-state index in [0.29, 0.717) is 19.0 Å². The number of aromatic nitrogens is 2. The van der Waals surface area contributed by atoms with E-state index in [1.165, 1.54) is 23.0 Å². The molecule has 4 N–H and O–H groups in total. The molecule has 2 fully saturated rings. The molecule has 0 bridgehead atoms. The zero-order valence-corrected chi connectivity index (χ0v) is 19.4. The van der Waals surface area contributed by atoms with Crippen LogP contribution in [0.1, 0.15) is 25.3 Å². The number of nitrogens with two attached hydrogens (primary N) is 1. The van der Waals surface area contributed by atoms with E-state index in [0.717, 1.165) is 44.8 Å². The number of benzene rings is 1. The minimum atomic E-state index is -0.420. The molecule has 9 heteroatoms. The van der Waals surface area contributed by atoms with Crippen LogP contribution in [0.15, 0.2) is 41.3 Å². The molecule has 2 aromatic rings. The molecule has 4 rings (SSSR count). The van der Waals surface area contributed by atoms with Crippen molar-refractivity contribution in [1.29, 1.82) is 0 Å². The molecule has 2 aliphatic rings. The summed E-state index contributed by atoms with van der Waals surface area (Å²) in [5.74, 6) is 0.855. The first-order valence-electron chi connectivity index (χ1n) is 11.9. The minimum Gasteiger partial charge on any atom is -0.328 e. The van der Waals surface area contributed by atoms with Crippen LogP contribution in [0.25, 0.3) is 5.69 Å². The van der Waals surface area contributed by atoms with Crippen LogP contribution < -0.4 is 22.1 Å². The Morgan fingerprint density at radius 1 is 1.21 bits per heavy atom. The van der Waals surface area contributed by atoms with E-state index >= 15 is 0 Å². The monoisotopic (exact) mass is 453 g/mol. The Morgan fingerprint density at radius 3 is 2.67 bits per heavy atom. The molecule has 2 unspecified atom stereocenters. The van der Waals surface area contributed by atoms with Gasteiger partial charge in [-0.1, -0.05) is 12.1 Å². The number of piperazine rings is 1. The van der Waals surface area contributed by atoms with Crippen LogP contribution >= 0.6 is 0 Å². The summed E-state index contributed by atoms with van der Waals surface area (Å²) in [4.78, 5) is 33.1. The highest BCUT2D eigenvalue weighted by atomic mass is 16.2. The largest absolute Gasteiger partial charge is 0.354 e. The molecular formula is C24H35N7O2. The third-order valence-corrected chi connectivity index (χ3v) is 6.66. The summed E-state index contributed by atoms with van der Waals surface area (Å²) < 4.78 is 1.49. The summed E-state index contributed by atoms with van der Waals surface area (Å²) in [6.45, 7) is 8.16. The van der Waals surface area contributed by atoms with Crippen LogP contribution in [0, 0.1) is 5.92 Å². The number of amides is 2. The molecule has 3 heterocycles. The highest BCUT2D eigenvalue weighted by Gasteiger charge is 2.22. The molecule has 178 valence electrons. The second-order valence-corrected chi connectivity index (χ2v) is 9.11. The van der Waals surface area contributed by atoms with Crippen LogP contribution in [0.2, 0.25) is 0 Å². The lowest BCUT2D eigenvalue weighted by Gasteiger charge is -2.34. The zero-order valence-electron chi connectivity index (χ0n) is 19.4. The maximum Gasteiger partial charge on any atom is 0.354 e. The molecule has 2 amide bonds. The van der Waals surface area contributed by atoms with E-state index in [1.807, 2.05) is 12.1 Å². The van der Waals surface area contributed by atoms with Gasteiger partial charge < -0.3 is 20.9 Å². The first-order chi connectivity index (χ1) is 16.0. The Balaban J connectivity index is 1.33. The lowest BCUT2D eigenvalue weighted by Crippen LogP contribution is -2.48. The lowest BCUT2D eigenvalue weighted by atomic mass is 9.92. The molecule has 0 spiro atoms. The van der Waals surface area contributed by atoms with Gasteiger partial charge in [0, 0.05) is 51.5 Å². The van der Waals surface area contributed by atoms with E-state index in [2.05, 4.69) is 39.6 Å². The molecule has 33 heavy (non-hydrogen) atoms. The van der Waals surface area contributed by atoms with E-state index in [4.69, 9.17) is 5.73 Å². The smallest absolute Gasteiger partial charge is 0.328 e. The number of nitrogens with zero attached hydrogens (tertiary/aromatic N) is 4. The summed E-state index contributed by atoms with van der Waals surface area (Å²) >= 11 is 0. The molecule has 2 atom stereocenters. The van der Waals surface area contributed by atoms with Gasteiger partial charge >= 0.3 is 11.7 Å². The van der Waals surface area contributed by atoms with Gasteiger partial charge in [0.1, 0.15) is 5.82 Å². The minimum absolute atomic E-state index is 0.230. The van der Waals surface area contributed by atoms with E-state index in [1.54, 1.807) is 17.2 Å². The van der Waals surface area contributed by atoms with Crippen LogP contribution in [0.5, 0.6) is 0 Å². The number of anilines is 1. The number of hydrogen-bond acceptors (Lipinski definition) is 6. The van der Waals surface area contributed by atoms with Crippen molar-refractivity contribution in [1.82, 2.24) is 24.7 Å². The average Bonchev–Trinajstić information content (AvgIpc) is 2.84. The van der Waals surface area contributed by atoms with Crippen molar-refractivity contribution in [2.45, 2.75) is 32.2 Å². The number of nitrogens with one attached hydrogen (secondary N) is 2. The van der Waals surface area contributed by atoms with E-state index in [9.17, 15) is 9.59 Å². The van der Waals surface area contributed by atoms with E-state index < -0.39 is 5.69 Å². The van der Waals surface area contributed by atoms with Crippen molar-refractivity contribution in [3.63, 3.8) is 0 Å². The number of carbonyl (C=O) groups excluding carboxylic acids is 1. The molecule has 0 aliphatic carbocycles. The van der Waals surface area contributed by atoms with Crippen molar-refractivity contribution in [3.05, 3.63) is 52.6 Å². The molecule has 2 aliphatic heterocycles. The third kappa shape index (κ3) is 6.19. The van der Waals surface area contributed by atoms with Crippen LogP contribution in [0.3, 0.4) is 0 Å². The normalized spacial score (nSPS) is 20.4. The van der Waals surface area contributed by atoms with Gasteiger partial charge in [0.05, 0.1) is 5.69 Å². The number of urea groups is 1. The van der Waals surface area contributed by atoms with Gasteiger partial charge in [0.15, 0.2) is 0 Å². The molecule has 1 aromatic carbocycles. The topological polar surface area (TPSA) is 109 Å². The fourth-order valence-electron chi connectivity index (χ4n) is 4.56. The fourth-order valence-corrected chi connectivity index (χ4v) is 4.56. The predicted octanol–water partition coefficient (Wildman–Crippen LogP) is 1.27. The van der Waals surface area contributed by atoms with Gasteiger partial charge in [-0.15, -0.1) is 0 Å². The summed E-state index contributed by atoms with van der Waals surface area (Å²) in [5, 5.41) is 5.93. The fraction of sp³-hybridized carbons (Fsp3) is 0.542. The standard InChI is InChI=1S/C24H35N7O2/c1-18(25)20-3-2-12-29(17-20)13-8-19-4-6-21(7-5-19)31-14-9-22(28-24(31)33)27-23(32)30-15-10-26-11-16-30/h4-7,9,14,18,20,26H,2-3,8,10-13,15-17,25H2,1H3,(H,27,28,32,33). The van der Waals surface area contributed by atoms with Crippen molar-refractivity contribution >= 4 is 11.8 Å². The van der Waals surface area contributed by atoms with Crippen LogP contribution in [0.4, 0.5) is 10.6 Å².